The molecule has 0 aliphatic carbocycles. The lowest BCUT2D eigenvalue weighted by molar-refractivity contribution is -0.153. The number of hydrogen-bond donors (Lipinski definition) is 0. The largest absolute Gasteiger partial charge is 0.497 e. The van der Waals surface area contributed by atoms with Crippen molar-refractivity contribution in [3.63, 3.8) is 0 Å². The number of esters is 1. The van der Waals surface area contributed by atoms with Crippen molar-refractivity contribution in [3.05, 3.63) is 29.8 Å². The minimum atomic E-state index is -0.335. The van der Waals surface area contributed by atoms with E-state index in [1.807, 2.05) is 31.2 Å². The highest BCUT2D eigenvalue weighted by atomic mass is 16.5. The van der Waals surface area contributed by atoms with Crippen molar-refractivity contribution in [3.8, 4) is 5.75 Å². The minimum absolute atomic E-state index is 0.0900. The SMILES string of the molecule is CCOC(=O)C(C)[C@H]1C[C@@H](c2ccc(OC)cc2)N2CCC(=O)N12. The Hall–Kier alpha value is -2.08. The molecule has 0 radical (unpaired) electrons. The average molecular weight is 332 g/mol. The van der Waals surface area contributed by atoms with Crippen LogP contribution in [0, 0.1) is 5.92 Å². The molecule has 0 aromatic heterocycles. The summed E-state index contributed by atoms with van der Waals surface area (Å²) < 4.78 is 10.4. The number of rotatable bonds is 5. The van der Waals surface area contributed by atoms with Crippen molar-refractivity contribution >= 4 is 11.9 Å². The zero-order chi connectivity index (χ0) is 17.3. The van der Waals surface area contributed by atoms with Crippen molar-refractivity contribution < 1.29 is 19.1 Å². The summed E-state index contributed by atoms with van der Waals surface area (Å²) in [7, 11) is 1.64. The number of amides is 1. The molecule has 2 heterocycles. The molecular formula is C18H24N2O4. The molecule has 1 aromatic carbocycles. The van der Waals surface area contributed by atoms with E-state index < -0.39 is 0 Å². The Kier molecular flexibility index (Phi) is 4.76. The average Bonchev–Trinajstić information content (AvgIpc) is 3.16. The number of fused-ring (bicyclic) bond motifs is 1. The zero-order valence-electron chi connectivity index (χ0n) is 14.4. The molecule has 0 saturated carbocycles. The zero-order valence-corrected chi connectivity index (χ0v) is 14.4. The molecule has 6 nitrogen and oxygen atoms in total. The van der Waals surface area contributed by atoms with Crippen LogP contribution in [0.5, 0.6) is 5.75 Å². The number of benzene rings is 1. The molecule has 2 aliphatic heterocycles. The monoisotopic (exact) mass is 332 g/mol. The van der Waals surface area contributed by atoms with Crippen molar-refractivity contribution in [1.29, 1.82) is 0 Å². The number of hydrazine groups is 1. The van der Waals surface area contributed by atoms with E-state index in [0.29, 0.717) is 19.6 Å². The van der Waals surface area contributed by atoms with E-state index in [-0.39, 0.29) is 29.9 Å². The normalized spacial score (nSPS) is 24.8. The Morgan fingerprint density at radius 1 is 1.33 bits per heavy atom. The Balaban J connectivity index is 1.84. The second-order valence-corrected chi connectivity index (χ2v) is 6.28. The quantitative estimate of drug-likeness (QED) is 0.773. The summed E-state index contributed by atoms with van der Waals surface area (Å²) in [5.74, 6) is 0.324. The molecule has 0 N–H and O–H groups in total. The van der Waals surface area contributed by atoms with Gasteiger partial charge in [0.1, 0.15) is 5.75 Å². The van der Waals surface area contributed by atoms with Crippen LogP contribution in [0.25, 0.3) is 0 Å². The third kappa shape index (κ3) is 2.86. The third-order valence-electron chi connectivity index (χ3n) is 4.96. The van der Waals surface area contributed by atoms with Crippen LogP contribution in [0.4, 0.5) is 0 Å². The molecule has 2 aliphatic rings. The standard InChI is InChI=1S/C18H24N2O4/c1-4-24-18(22)12(2)15-11-16(19-10-9-17(21)20(15)19)13-5-7-14(23-3)8-6-13/h5-8,12,15-16H,4,9-11H2,1-3H3/t12?,15-,16+/m1/s1. The number of methoxy groups -OCH3 is 1. The van der Waals surface area contributed by atoms with Crippen LogP contribution in [0.2, 0.25) is 0 Å². The minimum Gasteiger partial charge on any atom is -0.497 e. The number of hydrogen-bond acceptors (Lipinski definition) is 5. The smallest absolute Gasteiger partial charge is 0.310 e. The van der Waals surface area contributed by atoms with E-state index in [4.69, 9.17) is 9.47 Å². The molecule has 3 atom stereocenters. The molecule has 6 heteroatoms. The van der Waals surface area contributed by atoms with Gasteiger partial charge in [0, 0.05) is 13.0 Å². The maximum atomic E-state index is 12.3. The van der Waals surface area contributed by atoms with Gasteiger partial charge in [0.2, 0.25) is 5.91 Å². The fraction of sp³-hybridized carbons (Fsp3) is 0.556. The molecule has 130 valence electrons. The predicted octanol–water partition coefficient (Wildman–Crippen LogP) is 2.16. The summed E-state index contributed by atoms with van der Waals surface area (Å²) in [5, 5.41) is 3.89. The molecule has 0 spiro atoms. The first-order valence-electron chi connectivity index (χ1n) is 8.46. The van der Waals surface area contributed by atoms with E-state index in [2.05, 4.69) is 5.01 Å². The molecule has 0 bridgehead atoms. The Labute approximate surface area is 142 Å². The van der Waals surface area contributed by atoms with Crippen molar-refractivity contribution in [2.75, 3.05) is 20.3 Å². The van der Waals surface area contributed by atoms with E-state index in [9.17, 15) is 9.59 Å². The fourth-order valence-corrected chi connectivity index (χ4v) is 3.69. The van der Waals surface area contributed by atoms with Gasteiger partial charge in [-0.3, -0.25) is 14.6 Å². The van der Waals surface area contributed by atoms with Crippen LogP contribution in [0.3, 0.4) is 0 Å². The van der Waals surface area contributed by atoms with Crippen molar-refractivity contribution in [2.24, 2.45) is 5.92 Å². The van der Waals surface area contributed by atoms with Crippen LogP contribution in [-0.4, -0.2) is 48.2 Å². The highest BCUT2D eigenvalue weighted by molar-refractivity contribution is 5.80. The van der Waals surface area contributed by atoms with E-state index in [1.165, 1.54) is 0 Å². The molecule has 3 rings (SSSR count). The summed E-state index contributed by atoms with van der Waals surface area (Å²) in [6.45, 7) is 4.70. The lowest BCUT2D eigenvalue weighted by atomic mass is 9.93. The van der Waals surface area contributed by atoms with Gasteiger partial charge in [0.25, 0.3) is 0 Å². The maximum absolute atomic E-state index is 12.3. The molecular weight excluding hydrogens is 308 g/mol. The van der Waals surface area contributed by atoms with Gasteiger partial charge in [-0.2, -0.15) is 0 Å². The molecule has 1 unspecified atom stereocenters. The summed E-state index contributed by atoms with van der Waals surface area (Å²) in [6.07, 6.45) is 1.23. The van der Waals surface area contributed by atoms with Gasteiger partial charge in [0.05, 0.1) is 31.7 Å². The number of carbonyl (C=O) groups excluding carboxylic acids is 2. The van der Waals surface area contributed by atoms with Gasteiger partial charge in [0.15, 0.2) is 0 Å². The summed E-state index contributed by atoms with van der Waals surface area (Å²) in [4.78, 5) is 24.5. The summed E-state index contributed by atoms with van der Waals surface area (Å²) in [5.41, 5.74) is 1.13. The Morgan fingerprint density at radius 2 is 2.04 bits per heavy atom. The molecule has 24 heavy (non-hydrogen) atoms. The van der Waals surface area contributed by atoms with Crippen LogP contribution in [0.15, 0.2) is 24.3 Å². The van der Waals surface area contributed by atoms with Gasteiger partial charge in [-0.25, -0.2) is 5.01 Å². The highest BCUT2D eigenvalue weighted by Crippen LogP contribution is 2.42. The van der Waals surface area contributed by atoms with Crippen molar-refractivity contribution in [1.82, 2.24) is 10.0 Å². The first-order chi connectivity index (χ1) is 11.6. The molecule has 2 fully saturated rings. The Bertz CT molecular complexity index is 616. The molecule has 1 amide bonds. The number of carbonyl (C=O) groups is 2. The van der Waals surface area contributed by atoms with E-state index in [0.717, 1.165) is 17.7 Å². The van der Waals surface area contributed by atoms with Gasteiger partial charge >= 0.3 is 5.97 Å². The molecule has 2 saturated heterocycles. The van der Waals surface area contributed by atoms with Crippen LogP contribution in [-0.2, 0) is 14.3 Å². The van der Waals surface area contributed by atoms with Crippen LogP contribution >= 0.6 is 0 Å². The van der Waals surface area contributed by atoms with Crippen molar-refractivity contribution in [2.45, 2.75) is 38.8 Å². The van der Waals surface area contributed by atoms with Crippen LogP contribution in [0.1, 0.15) is 38.3 Å². The van der Waals surface area contributed by atoms with E-state index in [1.54, 1.807) is 19.0 Å². The second-order valence-electron chi connectivity index (χ2n) is 6.28. The lowest BCUT2D eigenvalue weighted by Crippen LogP contribution is -2.43. The first-order valence-corrected chi connectivity index (χ1v) is 8.46. The molecule has 1 aromatic rings. The van der Waals surface area contributed by atoms with Gasteiger partial charge in [-0.1, -0.05) is 12.1 Å². The van der Waals surface area contributed by atoms with Gasteiger partial charge in [-0.15, -0.1) is 0 Å². The Morgan fingerprint density at radius 3 is 2.67 bits per heavy atom. The number of ether oxygens (including phenoxy) is 2. The lowest BCUT2D eigenvalue weighted by Gasteiger charge is -2.29. The van der Waals surface area contributed by atoms with Crippen LogP contribution < -0.4 is 4.74 Å². The van der Waals surface area contributed by atoms with Gasteiger partial charge < -0.3 is 9.47 Å². The summed E-state index contributed by atoms with van der Waals surface area (Å²) >= 11 is 0. The topological polar surface area (TPSA) is 59.1 Å². The van der Waals surface area contributed by atoms with Gasteiger partial charge in [-0.05, 0) is 38.0 Å². The predicted molar refractivity (Wildman–Crippen MR) is 88.1 cm³/mol. The maximum Gasteiger partial charge on any atom is 0.310 e. The highest BCUT2D eigenvalue weighted by Gasteiger charge is 2.49. The number of nitrogens with zero attached hydrogens (tertiary/aromatic N) is 2. The fourth-order valence-electron chi connectivity index (χ4n) is 3.69. The summed E-state index contributed by atoms with van der Waals surface area (Å²) in [6, 6.07) is 7.87. The van der Waals surface area contributed by atoms with E-state index >= 15 is 0 Å². The second kappa shape index (κ2) is 6.81. The first kappa shape index (κ1) is 16.8. The third-order valence-corrected chi connectivity index (χ3v) is 4.96.